The van der Waals surface area contributed by atoms with Crippen LogP contribution in [0.1, 0.15) is 5.56 Å². The van der Waals surface area contributed by atoms with Crippen molar-refractivity contribution in [2.24, 2.45) is 0 Å². The average molecular weight is 245 g/mol. The third-order valence-corrected chi connectivity index (χ3v) is 2.52. The molecule has 94 valence electrons. The number of ether oxygens (including phenoxy) is 2. The molecule has 0 saturated carbocycles. The molecule has 18 heavy (non-hydrogen) atoms. The number of methoxy groups -OCH3 is 1. The van der Waals surface area contributed by atoms with Gasteiger partial charge in [0, 0.05) is 5.69 Å². The van der Waals surface area contributed by atoms with E-state index in [1.807, 2.05) is 0 Å². The van der Waals surface area contributed by atoms with Crippen LogP contribution in [-0.4, -0.2) is 12.2 Å². The fourth-order valence-corrected chi connectivity index (χ4v) is 1.56. The normalized spacial score (nSPS) is 10.1. The number of benzene rings is 2. The van der Waals surface area contributed by atoms with Crippen LogP contribution in [0, 0.1) is 0 Å². The van der Waals surface area contributed by atoms with E-state index in [-0.39, 0.29) is 6.61 Å². The van der Waals surface area contributed by atoms with Crippen LogP contribution in [0.2, 0.25) is 0 Å². The van der Waals surface area contributed by atoms with Crippen molar-refractivity contribution in [1.82, 2.24) is 0 Å². The van der Waals surface area contributed by atoms with Gasteiger partial charge in [-0.3, -0.25) is 0 Å². The van der Waals surface area contributed by atoms with E-state index in [0.717, 1.165) is 5.56 Å². The highest BCUT2D eigenvalue weighted by Gasteiger charge is 2.06. The van der Waals surface area contributed by atoms with E-state index in [4.69, 9.17) is 20.3 Å². The molecule has 2 rings (SSSR count). The second-order valence-corrected chi connectivity index (χ2v) is 3.81. The molecular formula is C14H15NO3. The van der Waals surface area contributed by atoms with Crippen LogP contribution in [0.15, 0.2) is 42.5 Å². The number of nitrogens with two attached hydrogens (primary N) is 1. The van der Waals surface area contributed by atoms with Gasteiger partial charge < -0.3 is 20.3 Å². The second kappa shape index (κ2) is 5.42. The van der Waals surface area contributed by atoms with Gasteiger partial charge >= 0.3 is 0 Å². The van der Waals surface area contributed by atoms with Crippen LogP contribution >= 0.6 is 0 Å². The Morgan fingerprint density at radius 3 is 2.39 bits per heavy atom. The van der Waals surface area contributed by atoms with Crippen molar-refractivity contribution in [3.63, 3.8) is 0 Å². The van der Waals surface area contributed by atoms with Crippen LogP contribution < -0.4 is 15.2 Å². The SMILES string of the molecule is COc1cc(CO)ccc1Oc1ccc(N)cc1. The minimum Gasteiger partial charge on any atom is -0.493 e. The molecule has 0 heterocycles. The lowest BCUT2D eigenvalue weighted by Crippen LogP contribution is -1.93. The van der Waals surface area contributed by atoms with Gasteiger partial charge in [0.1, 0.15) is 5.75 Å². The largest absolute Gasteiger partial charge is 0.493 e. The lowest BCUT2D eigenvalue weighted by Gasteiger charge is -2.11. The quantitative estimate of drug-likeness (QED) is 0.812. The number of hydrogen-bond donors (Lipinski definition) is 2. The van der Waals surface area contributed by atoms with Gasteiger partial charge in [-0.15, -0.1) is 0 Å². The zero-order valence-electron chi connectivity index (χ0n) is 10.1. The molecule has 0 aliphatic heterocycles. The summed E-state index contributed by atoms with van der Waals surface area (Å²) in [5, 5.41) is 9.06. The Hall–Kier alpha value is -2.20. The molecule has 0 bridgehead atoms. The lowest BCUT2D eigenvalue weighted by atomic mass is 10.2. The van der Waals surface area contributed by atoms with Crippen LogP contribution in [-0.2, 0) is 6.61 Å². The summed E-state index contributed by atoms with van der Waals surface area (Å²) < 4.78 is 10.9. The van der Waals surface area contributed by atoms with Gasteiger partial charge in [-0.1, -0.05) is 6.07 Å². The summed E-state index contributed by atoms with van der Waals surface area (Å²) in [7, 11) is 1.56. The third kappa shape index (κ3) is 2.73. The molecule has 4 nitrogen and oxygen atoms in total. The summed E-state index contributed by atoms with van der Waals surface area (Å²) in [5.41, 5.74) is 7.07. The summed E-state index contributed by atoms with van der Waals surface area (Å²) in [6.07, 6.45) is 0. The van der Waals surface area contributed by atoms with E-state index in [9.17, 15) is 0 Å². The van der Waals surface area contributed by atoms with E-state index >= 15 is 0 Å². The summed E-state index contributed by atoms with van der Waals surface area (Å²) >= 11 is 0. The van der Waals surface area contributed by atoms with Crippen LogP contribution in [0.4, 0.5) is 5.69 Å². The number of aliphatic hydroxyl groups excluding tert-OH is 1. The van der Waals surface area contributed by atoms with Crippen molar-refractivity contribution in [2.75, 3.05) is 12.8 Å². The molecule has 4 heteroatoms. The van der Waals surface area contributed by atoms with E-state index in [1.54, 1.807) is 49.6 Å². The van der Waals surface area contributed by atoms with Crippen molar-refractivity contribution in [2.45, 2.75) is 6.61 Å². The molecule has 0 aliphatic carbocycles. The maximum atomic E-state index is 9.06. The predicted molar refractivity (Wildman–Crippen MR) is 69.8 cm³/mol. The summed E-state index contributed by atoms with van der Waals surface area (Å²) in [4.78, 5) is 0. The molecule has 3 N–H and O–H groups in total. The molecule has 0 radical (unpaired) electrons. The number of aliphatic hydroxyl groups is 1. The Morgan fingerprint density at radius 2 is 1.78 bits per heavy atom. The van der Waals surface area contributed by atoms with Crippen molar-refractivity contribution in [3.05, 3.63) is 48.0 Å². The van der Waals surface area contributed by atoms with Gasteiger partial charge in [-0.05, 0) is 42.0 Å². The standard InChI is InChI=1S/C14H15NO3/c1-17-14-8-10(9-16)2-7-13(14)18-12-5-3-11(15)4-6-12/h2-8,16H,9,15H2,1H3. The van der Waals surface area contributed by atoms with Crippen LogP contribution in [0.3, 0.4) is 0 Å². The molecule has 0 fully saturated rings. The summed E-state index contributed by atoms with van der Waals surface area (Å²) in [6, 6.07) is 12.4. The highest BCUT2D eigenvalue weighted by molar-refractivity contribution is 5.47. The minimum absolute atomic E-state index is 0.0293. The van der Waals surface area contributed by atoms with Gasteiger partial charge in [0.2, 0.25) is 0 Å². The topological polar surface area (TPSA) is 64.7 Å². The molecule has 0 saturated heterocycles. The molecule has 0 unspecified atom stereocenters. The fraction of sp³-hybridized carbons (Fsp3) is 0.143. The molecule has 0 atom stereocenters. The van der Waals surface area contributed by atoms with E-state index in [1.165, 1.54) is 0 Å². The van der Waals surface area contributed by atoms with Gasteiger partial charge in [-0.25, -0.2) is 0 Å². The first-order chi connectivity index (χ1) is 8.72. The van der Waals surface area contributed by atoms with Crippen molar-refractivity contribution < 1.29 is 14.6 Å². The van der Waals surface area contributed by atoms with Crippen LogP contribution in [0.5, 0.6) is 17.2 Å². The van der Waals surface area contributed by atoms with E-state index in [0.29, 0.717) is 22.9 Å². The summed E-state index contributed by atoms with van der Waals surface area (Å²) in [6.45, 7) is -0.0293. The fourth-order valence-electron chi connectivity index (χ4n) is 1.56. The molecule has 0 aromatic heterocycles. The number of hydrogen-bond acceptors (Lipinski definition) is 4. The maximum Gasteiger partial charge on any atom is 0.169 e. The molecule has 2 aromatic carbocycles. The van der Waals surface area contributed by atoms with Gasteiger partial charge in [0.15, 0.2) is 11.5 Å². The Labute approximate surface area is 106 Å². The van der Waals surface area contributed by atoms with Crippen molar-refractivity contribution >= 4 is 5.69 Å². The molecule has 0 aliphatic rings. The highest BCUT2D eigenvalue weighted by atomic mass is 16.5. The Balaban J connectivity index is 2.25. The predicted octanol–water partition coefficient (Wildman–Crippen LogP) is 2.56. The minimum atomic E-state index is -0.0293. The lowest BCUT2D eigenvalue weighted by molar-refractivity contribution is 0.280. The Bertz CT molecular complexity index is 523. The van der Waals surface area contributed by atoms with Crippen LogP contribution in [0.25, 0.3) is 0 Å². The number of rotatable bonds is 4. The average Bonchev–Trinajstić information content (AvgIpc) is 2.41. The Kier molecular flexibility index (Phi) is 3.69. The van der Waals surface area contributed by atoms with Crippen molar-refractivity contribution in [1.29, 1.82) is 0 Å². The highest BCUT2D eigenvalue weighted by Crippen LogP contribution is 2.32. The van der Waals surface area contributed by atoms with E-state index < -0.39 is 0 Å². The first kappa shape index (κ1) is 12.3. The van der Waals surface area contributed by atoms with Gasteiger partial charge in [-0.2, -0.15) is 0 Å². The maximum absolute atomic E-state index is 9.06. The third-order valence-electron chi connectivity index (χ3n) is 2.52. The molecule has 0 amide bonds. The first-order valence-corrected chi connectivity index (χ1v) is 5.54. The Morgan fingerprint density at radius 1 is 1.06 bits per heavy atom. The van der Waals surface area contributed by atoms with Crippen molar-refractivity contribution in [3.8, 4) is 17.2 Å². The molecular weight excluding hydrogens is 230 g/mol. The summed E-state index contributed by atoms with van der Waals surface area (Å²) in [5.74, 6) is 1.86. The zero-order chi connectivity index (χ0) is 13.0. The number of anilines is 1. The number of nitrogen functional groups attached to an aromatic ring is 1. The molecule has 0 spiro atoms. The zero-order valence-corrected chi connectivity index (χ0v) is 10.1. The van der Waals surface area contributed by atoms with E-state index in [2.05, 4.69) is 0 Å². The van der Waals surface area contributed by atoms with Gasteiger partial charge in [0.05, 0.1) is 13.7 Å². The van der Waals surface area contributed by atoms with Gasteiger partial charge in [0.25, 0.3) is 0 Å². The smallest absolute Gasteiger partial charge is 0.169 e. The second-order valence-electron chi connectivity index (χ2n) is 3.81. The first-order valence-electron chi connectivity index (χ1n) is 5.54. The molecule has 2 aromatic rings. The monoisotopic (exact) mass is 245 g/mol.